The van der Waals surface area contributed by atoms with E-state index in [1.807, 2.05) is 24.1 Å². The Balaban J connectivity index is 1.59. The number of hydrogen-bond acceptors (Lipinski definition) is 5. The molecule has 2 aromatic rings. The number of benzene rings is 2. The first kappa shape index (κ1) is 23.8. The molecule has 0 atom stereocenters. The summed E-state index contributed by atoms with van der Waals surface area (Å²) in [6, 6.07) is 15.5. The zero-order valence-electron chi connectivity index (χ0n) is 18.0. The van der Waals surface area contributed by atoms with Crippen LogP contribution in [0.3, 0.4) is 0 Å². The summed E-state index contributed by atoms with van der Waals surface area (Å²) in [5, 5.41) is 11.6. The number of hydrogen-bond donors (Lipinski definition) is 1. The van der Waals surface area contributed by atoms with Gasteiger partial charge in [0.2, 0.25) is 5.91 Å². The van der Waals surface area contributed by atoms with Gasteiger partial charge in [0.1, 0.15) is 5.84 Å². The molecule has 1 aliphatic rings. The third-order valence-corrected chi connectivity index (χ3v) is 7.37. The minimum absolute atomic E-state index is 0.0608. The normalized spacial score (nSPS) is 15.8. The highest BCUT2D eigenvalue weighted by molar-refractivity contribution is 7.99. The van der Waals surface area contributed by atoms with E-state index in [2.05, 4.69) is 15.8 Å². The minimum atomic E-state index is -3.86. The van der Waals surface area contributed by atoms with Crippen molar-refractivity contribution >= 4 is 39.2 Å². The van der Waals surface area contributed by atoms with Crippen molar-refractivity contribution in [1.82, 2.24) is 4.90 Å². The molecule has 0 bridgehead atoms. The number of rotatable bonds is 7. The Hall–Kier alpha value is -2.83. The van der Waals surface area contributed by atoms with E-state index >= 15 is 0 Å². The van der Waals surface area contributed by atoms with E-state index in [0.29, 0.717) is 29.3 Å². The molecule has 0 unspecified atom stereocenters. The molecule has 0 aromatic heterocycles. The minimum Gasteiger partial charge on any atom is -0.362 e. The van der Waals surface area contributed by atoms with Crippen LogP contribution in [0, 0.1) is 11.3 Å². The van der Waals surface area contributed by atoms with E-state index in [0.717, 1.165) is 31.4 Å². The van der Waals surface area contributed by atoms with Crippen LogP contribution in [0.25, 0.3) is 0 Å². The molecular formula is C23H26N4O3S2. The fourth-order valence-corrected chi connectivity index (χ4v) is 5.23. The van der Waals surface area contributed by atoms with Gasteiger partial charge in [0.25, 0.3) is 10.0 Å². The summed E-state index contributed by atoms with van der Waals surface area (Å²) in [4.78, 5) is 14.3. The molecule has 1 saturated heterocycles. The molecule has 0 spiro atoms. The summed E-state index contributed by atoms with van der Waals surface area (Å²) in [5.74, 6) is 1.23. The van der Waals surface area contributed by atoms with Gasteiger partial charge in [0.15, 0.2) is 0 Å². The maximum Gasteiger partial charge on any atom is 0.284 e. The molecule has 9 heteroatoms. The number of carbonyl (C=O) groups excluding carboxylic acids is 1. The Morgan fingerprint density at radius 2 is 1.97 bits per heavy atom. The number of thioether (sulfide) groups is 1. The molecule has 1 heterocycles. The van der Waals surface area contributed by atoms with Crippen molar-refractivity contribution in [2.75, 3.05) is 24.7 Å². The van der Waals surface area contributed by atoms with E-state index in [9.17, 15) is 13.2 Å². The monoisotopic (exact) mass is 470 g/mol. The van der Waals surface area contributed by atoms with Crippen molar-refractivity contribution in [3.05, 3.63) is 59.7 Å². The third kappa shape index (κ3) is 6.84. The first-order valence-corrected chi connectivity index (χ1v) is 13.0. The Morgan fingerprint density at radius 1 is 1.19 bits per heavy atom. The first-order valence-electron chi connectivity index (χ1n) is 10.4. The maximum atomic E-state index is 12.8. The lowest BCUT2D eigenvalue weighted by atomic mass is 10.2. The van der Waals surface area contributed by atoms with Gasteiger partial charge in [-0.25, -0.2) is 0 Å². The molecule has 1 amide bonds. The van der Waals surface area contributed by atoms with Crippen LogP contribution in [0.4, 0.5) is 5.69 Å². The molecular weight excluding hydrogens is 444 g/mol. The van der Waals surface area contributed by atoms with Crippen molar-refractivity contribution in [2.45, 2.75) is 36.3 Å². The van der Waals surface area contributed by atoms with Gasteiger partial charge in [-0.1, -0.05) is 24.6 Å². The SMILES string of the molecule is CN1CCCCCC1=NS(=O)(=O)c1cccc(NC(=O)CSCc2ccc(C#N)cc2)c1. The second-order valence-electron chi connectivity index (χ2n) is 7.59. The molecule has 0 aliphatic carbocycles. The van der Waals surface area contributed by atoms with Gasteiger partial charge < -0.3 is 10.2 Å². The highest BCUT2D eigenvalue weighted by Crippen LogP contribution is 2.21. The van der Waals surface area contributed by atoms with Crippen molar-refractivity contribution in [1.29, 1.82) is 5.26 Å². The van der Waals surface area contributed by atoms with Gasteiger partial charge >= 0.3 is 0 Å². The van der Waals surface area contributed by atoms with Crippen LogP contribution < -0.4 is 5.32 Å². The maximum absolute atomic E-state index is 12.8. The van der Waals surface area contributed by atoms with E-state index in [1.54, 1.807) is 24.3 Å². The number of likely N-dealkylation sites (tertiary alicyclic amines) is 1. The Bertz CT molecular complexity index is 1120. The zero-order chi connectivity index (χ0) is 23.0. The van der Waals surface area contributed by atoms with E-state index < -0.39 is 10.0 Å². The number of amides is 1. The standard InChI is InChI=1S/C23H26N4O3S2/c1-27-13-4-2-3-8-22(27)26-32(29,30)21-7-5-6-20(14-21)25-23(28)17-31-16-19-11-9-18(15-24)10-12-19/h5-7,9-12,14H,2-4,8,13,16-17H2,1H3,(H,25,28). The number of nitriles is 1. The fraction of sp³-hybridized carbons (Fsp3) is 0.348. The summed E-state index contributed by atoms with van der Waals surface area (Å²) in [7, 11) is -1.99. The molecule has 1 N–H and O–H groups in total. The predicted octanol–water partition coefficient (Wildman–Crippen LogP) is 4.02. The molecule has 0 radical (unpaired) electrons. The molecule has 1 aliphatic heterocycles. The molecule has 2 aromatic carbocycles. The molecule has 168 valence electrons. The smallest absolute Gasteiger partial charge is 0.284 e. The summed E-state index contributed by atoms with van der Waals surface area (Å²) >= 11 is 1.44. The van der Waals surface area contributed by atoms with Crippen LogP contribution in [0.15, 0.2) is 57.8 Å². The van der Waals surface area contributed by atoms with Gasteiger partial charge in [-0.2, -0.15) is 13.7 Å². The van der Waals surface area contributed by atoms with E-state index in [1.165, 1.54) is 23.9 Å². The van der Waals surface area contributed by atoms with E-state index in [-0.39, 0.29) is 16.6 Å². The molecule has 1 fully saturated rings. The average Bonchev–Trinajstić information content (AvgIpc) is 2.98. The van der Waals surface area contributed by atoms with Gasteiger partial charge in [-0.15, -0.1) is 16.2 Å². The van der Waals surface area contributed by atoms with Crippen molar-refractivity contribution < 1.29 is 13.2 Å². The van der Waals surface area contributed by atoms with Crippen LogP contribution in [-0.2, 0) is 20.6 Å². The second kappa shape index (κ2) is 11.2. The number of anilines is 1. The number of nitrogens with one attached hydrogen (secondary N) is 1. The molecule has 3 rings (SSSR count). The lowest BCUT2D eigenvalue weighted by molar-refractivity contribution is -0.113. The molecule has 32 heavy (non-hydrogen) atoms. The lowest BCUT2D eigenvalue weighted by Gasteiger charge is -2.17. The summed E-state index contributed by atoms with van der Waals surface area (Å²) in [6.07, 6.45) is 3.66. The van der Waals surface area contributed by atoms with Crippen LogP contribution in [0.5, 0.6) is 0 Å². The summed E-state index contributed by atoms with van der Waals surface area (Å²) in [5.41, 5.74) is 2.05. The van der Waals surface area contributed by atoms with Gasteiger partial charge in [-0.05, 0) is 48.7 Å². The number of sulfonamides is 1. The number of amidine groups is 1. The second-order valence-corrected chi connectivity index (χ2v) is 10.2. The van der Waals surface area contributed by atoms with Crippen LogP contribution in [0.1, 0.15) is 36.8 Å². The molecule has 0 saturated carbocycles. The highest BCUT2D eigenvalue weighted by atomic mass is 32.2. The Labute approximate surface area is 193 Å². The summed E-state index contributed by atoms with van der Waals surface area (Å²) < 4.78 is 29.7. The Kier molecular flexibility index (Phi) is 8.31. The van der Waals surface area contributed by atoms with Crippen molar-refractivity contribution in [2.24, 2.45) is 4.40 Å². The topological polar surface area (TPSA) is 103 Å². The largest absolute Gasteiger partial charge is 0.362 e. The van der Waals surface area contributed by atoms with Gasteiger partial charge in [0.05, 0.1) is 22.3 Å². The quantitative estimate of drug-likeness (QED) is 0.656. The lowest BCUT2D eigenvalue weighted by Crippen LogP contribution is -2.26. The third-order valence-electron chi connectivity index (χ3n) is 5.06. The summed E-state index contributed by atoms with van der Waals surface area (Å²) in [6.45, 7) is 0.796. The molecule has 7 nitrogen and oxygen atoms in total. The predicted molar refractivity (Wildman–Crippen MR) is 128 cm³/mol. The Morgan fingerprint density at radius 3 is 2.72 bits per heavy atom. The van der Waals surface area contributed by atoms with Gasteiger partial charge in [-0.3, -0.25) is 4.79 Å². The average molecular weight is 471 g/mol. The van der Waals surface area contributed by atoms with Crippen LogP contribution >= 0.6 is 11.8 Å². The van der Waals surface area contributed by atoms with Crippen LogP contribution in [-0.4, -0.2) is 44.4 Å². The number of carbonyl (C=O) groups is 1. The van der Waals surface area contributed by atoms with Crippen molar-refractivity contribution in [3.8, 4) is 6.07 Å². The number of nitrogens with zero attached hydrogens (tertiary/aromatic N) is 3. The first-order chi connectivity index (χ1) is 15.4. The van der Waals surface area contributed by atoms with Gasteiger partial charge in [0, 0.05) is 31.5 Å². The fourth-order valence-electron chi connectivity index (χ4n) is 3.30. The zero-order valence-corrected chi connectivity index (χ0v) is 19.6. The van der Waals surface area contributed by atoms with Crippen molar-refractivity contribution in [3.63, 3.8) is 0 Å². The van der Waals surface area contributed by atoms with E-state index in [4.69, 9.17) is 5.26 Å². The highest BCUT2D eigenvalue weighted by Gasteiger charge is 2.19. The van der Waals surface area contributed by atoms with Crippen LogP contribution in [0.2, 0.25) is 0 Å².